The molecule has 0 saturated heterocycles. The number of nitrogens with zero attached hydrogens (tertiary/aromatic N) is 2. The number of hydrogen-bond acceptors (Lipinski definition) is 7. The fourth-order valence-corrected chi connectivity index (χ4v) is 2.76. The van der Waals surface area contributed by atoms with E-state index in [-0.39, 0.29) is 16.7 Å². The zero-order valence-electron chi connectivity index (χ0n) is 11.3. The molecule has 2 heterocycles. The fourth-order valence-electron chi connectivity index (χ4n) is 2.09. The smallest absolute Gasteiger partial charge is 0.357 e. The van der Waals surface area contributed by atoms with Gasteiger partial charge >= 0.3 is 5.97 Å². The molecule has 1 aliphatic rings. The second kappa shape index (κ2) is 5.23. The highest BCUT2D eigenvalue weighted by Crippen LogP contribution is 2.39. The molecule has 6 nitrogen and oxygen atoms in total. The van der Waals surface area contributed by atoms with Crippen LogP contribution in [-0.4, -0.2) is 28.9 Å². The van der Waals surface area contributed by atoms with Crippen molar-refractivity contribution in [1.82, 2.24) is 4.98 Å². The van der Waals surface area contributed by atoms with Crippen LogP contribution < -0.4 is 5.73 Å². The first kappa shape index (κ1) is 14.2. The molecular weight excluding hydrogens is 309 g/mol. The van der Waals surface area contributed by atoms with Crippen molar-refractivity contribution in [3.05, 3.63) is 34.5 Å². The van der Waals surface area contributed by atoms with Crippen molar-refractivity contribution in [2.75, 3.05) is 12.8 Å². The van der Waals surface area contributed by atoms with Crippen molar-refractivity contribution in [3.8, 4) is 5.88 Å². The van der Waals surface area contributed by atoms with Gasteiger partial charge < -0.3 is 15.6 Å². The number of methoxy groups -OCH3 is 1. The highest BCUT2D eigenvalue weighted by molar-refractivity contribution is 7.16. The van der Waals surface area contributed by atoms with Crippen LogP contribution in [0.5, 0.6) is 5.88 Å². The van der Waals surface area contributed by atoms with Crippen LogP contribution in [0.4, 0.5) is 15.2 Å². The molecule has 1 aromatic carbocycles. The zero-order chi connectivity index (χ0) is 15.9. The third-order valence-electron chi connectivity index (χ3n) is 3.04. The number of carbonyl (C=O) groups excluding carboxylic acids is 1. The van der Waals surface area contributed by atoms with Crippen molar-refractivity contribution < 1.29 is 19.0 Å². The molecule has 3 N–H and O–H groups in total. The summed E-state index contributed by atoms with van der Waals surface area (Å²) in [6.07, 6.45) is 1.49. The molecule has 1 aromatic heterocycles. The summed E-state index contributed by atoms with van der Waals surface area (Å²) in [5.41, 5.74) is 6.80. The molecule has 0 radical (unpaired) electrons. The van der Waals surface area contributed by atoms with E-state index in [1.807, 2.05) is 0 Å². The standard InChI is InChI=1S/C14H10FN3O3S/c1-21-13(20)11-8(5-10-12(19)18-14(16)22-10)7-4-6(15)2-3-9(7)17-11/h2-5,19H,1H3,(H2,16,18). The van der Waals surface area contributed by atoms with Gasteiger partial charge in [0.2, 0.25) is 5.88 Å². The summed E-state index contributed by atoms with van der Waals surface area (Å²) < 4.78 is 18.2. The molecule has 2 aromatic rings. The molecule has 22 heavy (non-hydrogen) atoms. The molecule has 0 bridgehead atoms. The van der Waals surface area contributed by atoms with Gasteiger partial charge in [0.15, 0.2) is 10.8 Å². The third kappa shape index (κ3) is 2.33. The Kier molecular flexibility index (Phi) is 3.38. The lowest BCUT2D eigenvalue weighted by Crippen LogP contribution is -2.14. The molecule has 3 rings (SSSR count). The molecule has 0 amide bonds. The Morgan fingerprint density at radius 2 is 2.27 bits per heavy atom. The number of aliphatic imine (C=N–C) groups is 1. The number of nitrogens with two attached hydrogens (primary N) is 1. The first-order valence-corrected chi connectivity index (χ1v) is 6.95. The SMILES string of the molecule is COC(=O)C1=Nc2ccc(F)cc2C1=Cc1sc(N)nc1O. The maximum atomic E-state index is 13.5. The lowest BCUT2D eigenvalue weighted by Gasteiger charge is -2.03. The van der Waals surface area contributed by atoms with Gasteiger partial charge in [-0.05, 0) is 24.3 Å². The number of aromatic nitrogens is 1. The minimum absolute atomic E-state index is 0.0365. The van der Waals surface area contributed by atoms with E-state index in [0.717, 1.165) is 11.3 Å². The molecule has 8 heteroatoms. The highest BCUT2D eigenvalue weighted by atomic mass is 32.1. The van der Waals surface area contributed by atoms with Crippen molar-refractivity contribution in [2.45, 2.75) is 0 Å². The minimum Gasteiger partial charge on any atom is -0.492 e. The van der Waals surface area contributed by atoms with E-state index in [9.17, 15) is 14.3 Å². The summed E-state index contributed by atoms with van der Waals surface area (Å²) in [5, 5.41) is 9.90. The first-order valence-electron chi connectivity index (χ1n) is 6.14. The quantitative estimate of drug-likeness (QED) is 0.828. The van der Waals surface area contributed by atoms with Gasteiger partial charge in [-0.1, -0.05) is 11.3 Å². The number of anilines is 1. The number of halogens is 1. The van der Waals surface area contributed by atoms with Crippen molar-refractivity contribution in [2.24, 2.45) is 4.99 Å². The van der Waals surface area contributed by atoms with Crippen LogP contribution in [-0.2, 0) is 9.53 Å². The van der Waals surface area contributed by atoms with Gasteiger partial charge in [-0.15, -0.1) is 0 Å². The van der Waals surface area contributed by atoms with Gasteiger partial charge in [-0.25, -0.2) is 14.2 Å². The number of ether oxygens (including phenoxy) is 1. The van der Waals surface area contributed by atoms with Gasteiger partial charge in [0.25, 0.3) is 0 Å². The van der Waals surface area contributed by atoms with E-state index in [4.69, 9.17) is 10.5 Å². The van der Waals surface area contributed by atoms with Gasteiger partial charge in [0.1, 0.15) is 5.82 Å². The van der Waals surface area contributed by atoms with E-state index in [0.29, 0.717) is 21.7 Å². The maximum absolute atomic E-state index is 13.5. The van der Waals surface area contributed by atoms with Crippen LogP contribution in [0.2, 0.25) is 0 Å². The van der Waals surface area contributed by atoms with Crippen molar-refractivity contribution >= 4 is 45.5 Å². The average Bonchev–Trinajstić information content (AvgIpc) is 2.99. The normalized spacial score (nSPS) is 14.8. The number of rotatable bonds is 2. The largest absolute Gasteiger partial charge is 0.492 e. The van der Waals surface area contributed by atoms with Crippen LogP contribution in [0.3, 0.4) is 0 Å². The van der Waals surface area contributed by atoms with Crippen LogP contribution in [0, 0.1) is 5.82 Å². The average molecular weight is 319 g/mol. The fraction of sp³-hybridized carbons (Fsp3) is 0.0714. The first-order chi connectivity index (χ1) is 10.5. The van der Waals surface area contributed by atoms with E-state index < -0.39 is 11.8 Å². The molecule has 0 aliphatic carbocycles. The summed E-state index contributed by atoms with van der Waals surface area (Å²) >= 11 is 1.04. The van der Waals surface area contributed by atoms with Crippen molar-refractivity contribution in [3.63, 3.8) is 0 Å². The summed E-state index contributed by atoms with van der Waals surface area (Å²) in [4.78, 5) is 20.1. The Morgan fingerprint density at radius 3 is 2.91 bits per heavy atom. The molecule has 0 atom stereocenters. The van der Waals surface area contributed by atoms with E-state index in [1.165, 1.54) is 31.4 Å². The maximum Gasteiger partial charge on any atom is 0.357 e. The van der Waals surface area contributed by atoms with Gasteiger partial charge in [-0.3, -0.25) is 0 Å². The summed E-state index contributed by atoms with van der Waals surface area (Å²) in [6.45, 7) is 0. The van der Waals surface area contributed by atoms with Crippen LogP contribution >= 0.6 is 11.3 Å². The van der Waals surface area contributed by atoms with Crippen LogP contribution in [0.1, 0.15) is 10.4 Å². The molecule has 0 fully saturated rings. The predicted molar refractivity (Wildman–Crippen MR) is 81.6 cm³/mol. The number of fused-ring (bicyclic) bond motifs is 1. The number of hydrogen-bond donors (Lipinski definition) is 2. The van der Waals surface area contributed by atoms with E-state index in [2.05, 4.69) is 9.98 Å². The molecule has 0 spiro atoms. The Labute approximate surface area is 128 Å². The Balaban J connectivity index is 2.18. The number of aromatic hydroxyl groups is 1. The molecule has 0 saturated carbocycles. The monoisotopic (exact) mass is 319 g/mol. The molecule has 0 unspecified atom stereocenters. The van der Waals surface area contributed by atoms with E-state index >= 15 is 0 Å². The summed E-state index contributed by atoms with van der Waals surface area (Å²) in [6, 6.07) is 3.99. The van der Waals surface area contributed by atoms with Gasteiger partial charge in [0, 0.05) is 11.1 Å². The Hall–Kier alpha value is -2.74. The predicted octanol–water partition coefficient (Wildman–Crippen LogP) is 2.37. The molecular formula is C14H10FN3O3S. The summed E-state index contributed by atoms with van der Waals surface area (Å²) in [7, 11) is 1.23. The number of esters is 1. The van der Waals surface area contributed by atoms with Crippen molar-refractivity contribution in [1.29, 1.82) is 0 Å². The second-order valence-corrected chi connectivity index (χ2v) is 5.47. The zero-order valence-corrected chi connectivity index (χ0v) is 12.1. The molecule has 112 valence electrons. The lowest BCUT2D eigenvalue weighted by atomic mass is 10.0. The summed E-state index contributed by atoms with van der Waals surface area (Å²) in [5.74, 6) is -1.37. The number of thiazole rings is 1. The lowest BCUT2D eigenvalue weighted by molar-refractivity contribution is -0.132. The van der Waals surface area contributed by atoms with Crippen LogP contribution in [0.25, 0.3) is 11.6 Å². The third-order valence-corrected chi connectivity index (χ3v) is 3.86. The highest BCUT2D eigenvalue weighted by Gasteiger charge is 2.28. The second-order valence-electron chi connectivity index (χ2n) is 4.41. The number of nitrogen functional groups attached to an aromatic ring is 1. The van der Waals surface area contributed by atoms with Gasteiger partial charge in [-0.2, -0.15) is 4.98 Å². The van der Waals surface area contributed by atoms with Gasteiger partial charge in [0.05, 0.1) is 17.7 Å². The Bertz CT molecular complexity index is 842. The van der Waals surface area contributed by atoms with Crippen LogP contribution in [0.15, 0.2) is 23.2 Å². The number of carbonyl (C=O) groups is 1. The minimum atomic E-state index is -0.653. The van der Waals surface area contributed by atoms with E-state index in [1.54, 1.807) is 0 Å². The molecule has 1 aliphatic heterocycles. The Morgan fingerprint density at radius 1 is 1.50 bits per heavy atom. The number of benzene rings is 1. The topological polar surface area (TPSA) is 97.8 Å².